The van der Waals surface area contributed by atoms with Gasteiger partial charge in [0.15, 0.2) is 0 Å². The molecule has 1 fully saturated rings. The molecule has 19 heavy (non-hydrogen) atoms. The Labute approximate surface area is 114 Å². The van der Waals surface area contributed by atoms with Crippen LogP contribution in [0.5, 0.6) is 0 Å². The number of rotatable bonds is 4. The Balaban J connectivity index is 2.65. The van der Waals surface area contributed by atoms with Crippen LogP contribution in [0.25, 0.3) is 0 Å². The van der Waals surface area contributed by atoms with Crippen LogP contribution < -0.4 is 5.32 Å². The van der Waals surface area contributed by atoms with Gasteiger partial charge in [0.2, 0.25) is 0 Å². The van der Waals surface area contributed by atoms with Gasteiger partial charge < -0.3 is 10.2 Å². The van der Waals surface area contributed by atoms with Crippen molar-refractivity contribution in [3.63, 3.8) is 0 Å². The van der Waals surface area contributed by atoms with E-state index in [0.717, 1.165) is 6.54 Å². The van der Waals surface area contributed by atoms with Gasteiger partial charge in [-0.3, -0.25) is 0 Å². The Morgan fingerprint density at radius 1 is 1.16 bits per heavy atom. The highest BCUT2D eigenvalue weighted by molar-refractivity contribution is 4.81. The molecule has 1 N–H and O–H groups in total. The quantitative estimate of drug-likeness (QED) is 0.851. The number of alkyl halides is 3. The van der Waals surface area contributed by atoms with Crippen molar-refractivity contribution < 1.29 is 13.2 Å². The van der Waals surface area contributed by atoms with Gasteiger partial charge in [-0.15, -0.1) is 0 Å². The van der Waals surface area contributed by atoms with Crippen LogP contribution in [0, 0.1) is 23.7 Å². The lowest BCUT2D eigenvalue weighted by Crippen LogP contribution is -2.41. The smallest absolute Gasteiger partial charge is 0.315 e. The SMILES string of the molecule is CC(C)C(CN1CCNCC(C(F)(F)F)C1)C(C)C. The highest BCUT2D eigenvalue weighted by Gasteiger charge is 2.41. The van der Waals surface area contributed by atoms with E-state index in [1.54, 1.807) is 0 Å². The van der Waals surface area contributed by atoms with E-state index in [-0.39, 0.29) is 13.1 Å². The van der Waals surface area contributed by atoms with Crippen LogP contribution in [0.1, 0.15) is 27.7 Å². The van der Waals surface area contributed by atoms with E-state index in [1.807, 2.05) is 4.90 Å². The van der Waals surface area contributed by atoms with E-state index in [9.17, 15) is 13.2 Å². The number of nitrogens with one attached hydrogen (secondary N) is 1. The number of hydrogen-bond donors (Lipinski definition) is 1. The fourth-order valence-corrected chi connectivity index (χ4v) is 2.86. The molecule has 1 saturated heterocycles. The predicted octanol–water partition coefficient (Wildman–Crippen LogP) is 3.00. The van der Waals surface area contributed by atoms with Crippen LogP contribution in [0.3, 0.4) is 0 Å². The van der Waals surface area contributed by atoms with Gasteiger partial charge >= 0.3 is 6.18 Å². The molecule has 2 nitrogen and oxygen atoms in total. The summed E-state index contributed by atoms with van der Waals surface area (Å²) in [5.74, 6) is 0.211. The first-order valence-corrected chi connectivity index (χ1v) is 7.21. The Kier molecular flexibility index (Phi) is 6.12. The lowest BCUT2D eigenvalue weighted by atomic mass is 9.85. The summed E-state index contributed by atoms with van der Waals surface area (Å²) in [6.07, 6.45) is -4.10. The lowest BCUT2D eigenvalue weighted by molar-refractivity contribution is -0.176. The summed E-state index contributed by atoms with van der Waals surface area (Å²) in [5, 5.41) is 2.90. The molecule has 1 unspecified atom stereocenters. The van der Waals surface area contributed by atoms with Gasteiger partial charge in [-0.25, -0.2) is 0 Å². The van der Waals surface area contributed by atoms with Crippen LogP contribution in [-0.4, -0.2) is 43.8 Å². The minimum Gasteiger partial charge on any atom is -0.315 e. The first-order chi connectivity index (χ1) is 8.71. The fraction of sp³-hybridized carbons (Fsp3) is 1.00. The van der Waals surface area contributed by atoms with Crippen molar-refractivity contribution in [2.24, 2.45) is 23.7 Å². The molecule has 114 valence electrons. The molecule has 5 heteroatoms. The molecule has 0 spiro atoms. The number of nitrogens with zero attached hydrogens (tertiary/aromatic N) is 1. The first-order valence-electron chi connectivity index (χ1n) is 7.21. The summed E-state index contributed by atoms with van der Waals surface area (Å²) in [5.41, 5.74) is 0. The number of halogens is 3. The van der Waals surface area contributed by atoms with Crippen LogP contribution in [0.4, 0.5) is 13.2 Å². The largest absolute Gasteiger partial charge is 0.394 e. The third kappa shape index (κ3) is 5.30. The van der Waals surface area contributed by atoms with Gasteiger partial charge in [0.1, 0.15) is 0 Å². The minimum absolute atomic E-state index is 0.0496. The van der Waals surface area contributed by atoms with E-state index in [2.05, 4.69) is 33.0 Å². The van der Waals surface area contributed by atoms with E-state index < -0.39 is 12.1 Å². The molecule has 1 rings (SSSR count). The highest BCUT2D eigenvalue weighted by Crippen LogP contribution is 2.29. The molecule has 0 aromatic heterocycles. The summed E-state index contributed by atoms with van der Waals surface area (Å²) in [7, 11) is 0. The zero-order valence-electron chi connectivity index (χ0n) is 12.4. The third-order valence-electron chi connectivity index (χ3n) is 4.12. The molecule has 0 aromatic rings. The summed E-state index contributed by atoms with van der Waals surface area (Å²) in [6.45, 7) is 10.9. The van der Waals surface area contributed by atoms with Gasteiger partial charge in [0, 0.05) is 32.7 Å². The van der Waals surface area contributed by atoms with Gasteiger partial charge in [-0.2, -0.15) is 13.2 Å². The average Bonchev–Trinajstić information content (AvgIpc) is 2.49. The first kappa shape index (κ1) is 16.8. The van der Waals surface area contributed by atoms with Gasteiger partial charge in [0.05, 0.1) is 5.92 Å². The fourth-order valence-electron chi connectivity index (χ4n) is 2.86. The molecule has 0 aromatic carbocycles. The molecule has 1 heterocycles. The zero-order valence-corrected chi connectivity index (χ0v) is 12.4. The summed E-state index contributed by atoms with van der Waals surface area (Å²) >= 11 is 0. The Bertz CT molecular complexity index is 256. The van der Waals surface area contributed by atoms with Crippen LogP contribution in [0.15, 0.2) is 0 Å². The van der Waals surface area contributed by atoms with Crippen molar-refractivity contribution in [3.8, 4) is 0 Å². The van der Waals surface area contributed by atoms with Crippen molar-refractivity contribution in [1.29, 1.82) is 0 Å². The van der Waals surface area contributed by atoms with Crippen molar-refractivity contribution in [1.82, 2.24) is 10.2 Å². The average molecular weight is 280 g/mol. The number of hydrogen-bond acceptors (Lipinski definition) is 2. The molecule has 0 radical (unpaired) electrons. The Hall–Kier alpha value is -0.290. The van der Waals surface area contributed by atoms with E-state index >= 15 is 0 Å². The molecular formula is C14H27F3N2. The molecular weight excluding hydrogens is 253 g/mol. The minimum atomic E-state index is -4.10. The van der Waals surface area contributed by atoms with Gasteiger partial charge in [-0.1, -0.05) is 27.7 Å². The van der Waals surface area contributed by atoms with Gasteiger partial charge in [0.25, 0.3) is 0 Å². The van der Waals surface area contributed by atoms with Crippen LogP contribution >= 0.6 is 0 Å². The molecule has 0 amide bonds. The van der Waals surface area contributed by atoms with Crippen molar-refractivity contribution >= 4 is 0 Å². The standard InChI is InChI=1S/C14H27F3N2/c1-10(2)13(11(3)4)9-19-6-5-18-7-12(8-19)14(15,16)17/h10-13,18H,5-9H2,1-4H3. The maximum absolute atomic E-state index is 12.9. The lowest BCUT2D eigenvalue weighted by Gasteiger charge is -2.33. The summed E-state index contributed by atoms with van der Waals surface area (Å²) in [6, 6.07) is 0. The van der Waals surface area contributed by atoms with Crippen molar-refractivity contribution in [2.45, 2.75) is 33.9 Å². The maximum atomic E-state index is 12.9. The van der Waals surface area contributed by atoms with E-state index in [1.165, 1.54) is 0 Å². The predicted molar refractivity (Wildman–Crippen MR) is 72.0 cm³/mol. The molecule has 0 aliphatic carbocycles. The summed E-state index contributed by atoms with van der Waals surface area (Å²) < 4.78 is 38.6. The van der Waals surface area contributed by atoms with Crippen molar-refractivity contribution in [3.05, 3.63) is 0 Å². The zero-order chi connectivity index (χ0) is 14.6. The van der Waals surface area contributed by atoms with Gasteiger partial charge in [-0.05, 0) is 17.8 Å². The molecule has 1 atom stereocenters. The molecule has 1 aliphatic rings. The normalized spacial score (nSPS) is 23.4. The summed E-state index contributed by atoms with van der Waals surface area (Å²) in [4.78, 5) is 1.99. The Morgan fingerprint density at radius 2 is 1.74 bits per heavy atom. The molecule has 1 aliphatic heterocycles. The third-order valence-corrected chi connectivity index (χ3v) is 4.12. The second kappa shape index (κ2) is 6.93. The Morgan fingerprint density at radius 3 is 2.21 bits per heavy atom. The van der Waals surface area contributed by atoms with Crippen LogP contribution in [0.2, 0.25) is 0 Å². The van der Waals surface area contributed by atoms with Crippen molar-refractivity contribution in [2.75, 3.05) is 32.7 Å². The molecule has 0 saturated carbocycles. The molecule has 0 bridgehead atoms. The monoisotopic (exact) mass is 280 g/mol. The van der Waals surface area contributed by atoms with Crippen LogP contribution in [-0.2, 0) is 0 Å². The van der Waals surface area contributed by atoms with E-state index in [4.69, 9.17) is 0 Å². The maximum Gasteiger partial charge on any atom is 0.394 e. The second-order valence-corrected chi connectivity index (χ2v) is 6.35. The highest BCUT2D eigenvalue weighted by atomic mass is 19.4. The topological polar surface area (TPSA) is 15.3 Å². The van der Waals surface area contributed by atoms with E-state index in [0.29, 0.717) is 30.8 Å². The second-order valence-electron chi connectivity index (χ2n) is 6.35.